The van der Waals surface area contributed by atoms with Crippen LogP contribution in [0.25, 0.3) is 11.1 Å². The van der Waals surface area contributed by atoms with Gasteiger partial charge in [0.05, 0.1) is 27.9 Å². The topological polar surface area (TPSA) is 146 Å². The van der Waals surface area contributed by atoms with Gasteiger partial charge >= 0.3 is 17.6 Å². The van der Waals surface area contributed by atoms with Gasteiger partial charge < -0.3 is 14.2 Å². The van der Waals surface area contributed by atoms with E-state index in [9.17, 15) is 29.2 Å². The molecule has 12 nitrogen and oxygen atoms in total. The van der Waals surface area contributed by atoms with E-state index in [0.717, 1.165) is 26.3 Å². The Morgan fingerprint density at radius 3 is 1.78 bits per heavy atom. The molecule has 0 aliphatic carbocycles. The highest BCUT2D eigenvalue weighted by Crippen LogP contribution is 2.32. The second-order valence-electron chi connectivity index (χ2n) is 14.7. The minimum atomic E-state index is -1.17. The molecule has 5 aromatic rings. The van der Waals surface area contributed by atoms with Gasteiger partial charge in [-0.2, -0.15) is 4.57 Å². The summed E-state index contributed by atoms with van der Waals surface area (Å²) in [5.74, 6) is -2.14. The summed E-state index contributed by atoms with van der Waals surface area (Å²) in [6.07, 6.45) is -2.00. The zero-order chi connectivity index (χ0) is 39.6. The van der Waals surface area contributed by atoms with Crippen LogP contribution in [0.2, 0.25) is 0 Å². The van der Waals surface area contributed by atoms with Crippen LogP contribution in [0.4, 0.5) is 5.69 Å². The van der Waals surface area contributed by atoms with Gasteiger partial charge in [-0.05, 0) is 95.6 Å². The zero-order valence-electron chi connectivity index (χ0n) is 31.5. The SMILES string of the molecule is Cc1ccc(C(=O)OC[C@H]2O[C@@H](n3cc(-c4ccc(N([O])C(C)(C)C)cc4)c(=O)n(C(=O)c4ccc(C)cc4)c3=O)C[C@@H]2OC(=O)c2ccc(C)cc2)cc1. The first-order valence-corrected chi connectivity index (χ1v) is 17.8. The lowest BCUT2D eigenvalue weighted by atomic mass is 10.1. The van der Waals surface area contributed by atoms with E-state index in [0.29, 0.717) is 21.4 Å². The molecule has 1 saturated heterocycles. The molecular weight excluding hydrogens is 702 g/mol. The van der Waals surface area contributed by atoms with Gasteiger partial charge in [0.2, 0.25) is 0 Å². The third kappa shape index (κ3) is 8.51. The standard InChI is InChI=1S/C43H42N3O9/c1-26-7-13-30(14-8-26)38(47)45-39(48)34(29-19-21-33(22-20-29)46(52)43(4,5)6)24-44(42(45)51)37-23-35(55-41(50)32-17-11-28(3)12-18-32)36(54-37)25-53-40(49)31-15-9-27(2)10-16-31/h7-22,24,35-37H,23,25H2,1-6H3/t35-,36+,37+/m0/s1. The number of hydrogen-bond acceptors (Lipinski definition) is 9. The van der Waals surface area contributed by atoms with Crippen molar-refractivity contribution in [1.82, 2.24) is 9.13 Å². The lowest BCUT2D eigenvalue weighted by Gasteiger charge is -2.28. The number of anilines is 1. The molecule has 3 atom stereocenters. The summed E-state index contributed by atoms with van der Waals surface area (Å²) < 4.78 is 19.5. The molecule has 1 aliphatic heterocycles. The number of aryl methyl sites for hydroxylation is 3. The Hall–Kier alpha value is -6.11. The van der Waals surface area contributed by atoms with Crippen molar-refractivity contribution in [1.29, 1.82) is 0 Å². The highest BCUT2D eigenvalue weighted by atomic mass is 16.6. The highest BCUT2D eigenvalue weighted by molar-refractivity contribution is 5.96. The number of ether oxygens (including phenoxy) is 3. The Labute approximate surface area is 318 Å². The van der Waals surface area contributed by atoms with Crippen molar-refractivity contribution in [2.75, 3.05) is 11.7 Å². The number of carbonyl (C=O) groups excluding carboxylic acids is 3. The maximum atomic E-state index is 14.2. The van der Waals surface area contributed by atoms with Crippen LogP contribution in [0.15, 0.2) is 113 Å². The zero-order valence-corrected chi connectivity index (χ0v) is 31.5. The van der Waals surface area contributed by atoms with E-state index in [1.54, 1.807) is 106 Å². The molecule has 1 aliphatic rings. The van der Waals surface area contributed by atoms with Crippen molar-refractivity contribution in [3.63, 3.8) is 0 Å². The van der Waals surface area contributed by atoms with Crippen LogP contribution >= 0.6 is 0 Å². The number of benzene rings is 4. The largest absolute Gasteiger partial charge is 0.459 e. The molecule has 1 fully saturated rings. The predicted molar refractivity (Wildman–Crippen MR) is 205 cm³/mol. The van der Waals surface area contributed by atoms with Crippen LogP contribution < -0.4 is 16.3 Å². The van der Waals surface area contributed by atoms with E-state index in [1.807, 2.05) is 20.8 Å². The first-order chi connectivity index (χ1) is 26.1. The molecule has 1 aromatic heterocycles. The van der Waals surface area contributed by atoms with Gasteiger partial charge in [0.1, 0.15) is 25.0 Å². The third-order valence-corrected chi connectivity index (χ3v) is 9.34. The second kappa shape index (κ2) is 15.7. The van der Waals surface area contributed by atoms with Crippen LogP contribution in [0.5, 0.6) is 0 Å². The summed E-state index contributed by atoms with van der Waals surface area (Å²) >= 11 is 0. The van der Waals surface area contributed by atoms with Gasteiger partial charge in [-0.15, -0.1) is 0 Å². The molecule has 55 heavy (non-hydrogen) atoms. The number of hydrogen-bond donors (Lipinski definition) is 0. The van der Waals surface area contributed by atoms with E-state index in [4.69, 9.17) is 14.2 Å². The lowest BCUT2D eigenvalue weighted by molar-refractivity contribution is -0.0584. The molecule has 1 radical (unpaired) electrons. The molecule has 0 unspecified atom stereocenters. The monoisotopic (exact) mass is 744 g/mol. The Morgan fingerprint density at radius 2 is 1.25 bits per heavy atom. The van der Waals surface area contributed by atoms with Crippen molar-refractivity contribution < 1.29 is 33.8 Å². The van der Waals surface area contributed by atoms with Crippen molar-refractivity contribution in [2.45, 2.75) is 71.9 Å². The van der Waals surface area contributed by atoms with E-state index in [-0.39, 0.29) is 29.7 Å². The van der Waals surface area contributed by atoms with Gasteiger partial charge in [-0.1, -0.05) is 70.4 Å². The molecule has 4 aromatic carbocycles. The molecule has 283 valence electrons. The maximum absolute atomic E-state index is 14.2. The van der Waals surface area contributed by atoms with Gasteiger partial charge in [0, 0.05) is 18.2 Å². The van der Waals surface area contributed by atoms with Crippen LogP contribution in [0, 0.1) is 20.8 Å². The molecule has 12 heteroatoms. The normalized spacial score (nSPS) is 16.7. The maximum Gasteiger partial charge on any atom is 0.340 e. The van der Waals surface area contributed by atoms with Gasteiger partial charge in [0.15, 0.2) is 0 Å². The minimum Gasteiger partial charge on any atom is -0.459 e. The van der Waals surface area contributed by atoms with Gasteiger partial charge in [-0.3, -0.25) is 14.2 Å². The second-order valence-corrected chi connectivity index (χ2v) is 14.7. The number of hydroxylamine groups is 1. The molecule has 0 N–H and O–H groups in total. The fourth-order valence-corrected chi connectivity index (χ4v) is 6.12. The van der Waals surface area contributed by atoms with E-state index in [1.165, 1.54) is 18.3 Å². The average molecular weight is 745 g/mol. The fourth-order valence-electron chi connectivity index (χ4n) is 6.12. The quantitative estimate of drug-likeness (QED) is 0.120. The predicted octanol–water partition coefficient (Wildman–Crippen LogP) is 6.61. The Balaban J connectivity index is 1.40. The summed E-state index contributed by atoms with van der Waals surface area (Å²) in [6.45, 7) is 10.6. The molecular formula is C43H42N3O9. The third-order valence-electron chi connectivity index (χ3n) is 9.34. The summed E-state index contributed by atoms with van der Waals surface area (Å²) in [6, 6.07) is 26.3. The minimum absolute atomic E-state index is 0.0223. The van der Waals surface area contributed by atoms with Crippen molar-refractivity contribution in [3.8, 4) is 11.1 Å². The average Bonchev–Trinajstić information content (AvgIpc) is 3.55. The molecule has 0 amide bonds. The molecule has 6 rings (SSSR count). The first-order valence-electron chi connectivity index (χ1n) is 17.8. The first kappa shape index (κ1) is 38.6. The number of nitrogens with zero attached hydrogens (tertiary/aromatic N) is 3. The number of esters is 2. The number of carbonyl (C=O) groups is 3. The van der Waals surface area contributed by atoms with Crippen LogP contribution in [0.1, 0.15) is 81.2 Å². The van der Waals surface area contributed by atoms with Crippen LogP contribution in [-0.2, 0) is 19.4 Å². The van der Waals surface area contributed by atoms with Crippen molar-refractivity contribution in [2.24, 2.45) is 0 Å². The Bertz CT molecular complexity index is 2320. The van der Waals surface area contributed by atoms with Gasteiger partial charge in [0.25, 0.3) is 11.5 Å². The van der Waals surface area contributed by atoms with E-state index in [2.05, 4.69) is 0 Å². The highest BCUT2D eigenvalue weighted by Gasteiger charge is 2.41. The molecule has 0 spiro atoms. The Morgan fingerprint density at radius 1 is 0.745 bits per heavy atom. The summed E-state index contributed by atoms with van der Waals surface area (Å²) in [7, 11) is 0. The van der Waals surface area contributed by atoms with E-state index >= 15 is 0 Å². The van der Waals surface area contributed by atoms with Crippen molar-refractivity contribution >= 4 is 23.5 Å². The smallest absolute Gasteiger partial charge is 0.340 e. The summed E-state index contributed by atoms with van der Waals surface area (Å²) in [4.78, 5) is 68.6. The number of aromatic nitrogens is 2. The van der Waals surface area contributed by atoms with E-state index < -0.39 is 53.1 Å². The molecule has 0 saturated carbocycles. The molecule has 0 bridgehead atoms. The summed E-state index contributed by atoms with van der Waals surface area (Å²) in [5, 5.41) is 13.7. The Kier molecular flexibility index (Phi) is 11.0. The lowest BCUT2D eigenvalue weighted by Crippen LogP contribution is -2.45. The van der Waals surface area contributed by atoms with Crippen LogP contribution in [0.3, 0.4) is 0 Å². The molecule has 2 heterocycles. The van der Waals surface area contributed by atoms with Crippen LogP contribution in [-0.4, -0.2) is 51.3 Å². The summed E-state index contributed by atoms with van der Waals surface area (Å²) in [5.41, 5.74) is 1.54. The number of rotatable bonds is 9. The van der Waals surface area contributed by atoms with Crippen molar-refractivity contribution in [3.05, 3.63) is 157 Å². The van der Waals surface area contributed by atoms with Gasteiger partial charge in [-0.25, -0.2) is 19.4 Å². The fraction of sp³-hybridized carbons (Fsp3) is 0.279.